The van der Waals surface area contributed by atoms with Crippen molar-refractivity contribution in [3.05, 3.63) is 192 Å². The van der Waals surface area contributed by atoms with Crippen LogP contribution in [0, 0.1) is 10.8 Å². The first-order chi connectivity index (χ1) is 38.7. The van der Waals surface area contributed by atoms with Gasteiger partial charge in [0.15, 0.2) is 5.58 Å². The fourth-order valence-electron chi connectivity index (χ4n) is 16.4. The van der Waals surface area contributed by atoms with Gasteiger partial charge in [-0.25, -0.2) is 0 Å². The van der Waals surface area contributed by atoms with E-state index < -0.39 is 16.1 Å². The summed E-state index contributed by atoms with van der Waals surface area (Å²) in [6.07, 6.45) is 0. The molecule has 0 spiro atoms. The molecule has 2 aromatic heterocycles. The van der Waals surface area contributed by atoms with Crippen LogP contribution < -0.4 is 30.5 Å². The van der Waals surface area contributed by atoms with Crippen molar-refractivity contribution >= 4 is 115 Å². The van der Waals surface area contributed by atoms with Crippen LogP contribution in [-0.2, 0) is 21.7 Å². The second kappa shape index (κ2) is 16.2. The molecule has 82 heavy (non-hydrogen) atoms. The topological polar surface area (TPSA) is 32.8 Å². The molecule has 15 rings (SSSR count). The van der Waals surface area contributed by atoms with Gasteiger partial charge in [0.2, 0.25) is 0 Å². The molecule has 4 heterocycles. The fourth-order valence-corrected chi connectivity index (χ4v) is 22.4. The summed E-state index contributed by atoms with van der Waals surface area (Å²) < 4.78 is 14.7. The molecule has 6 heteroatoms. The molecule has 0 unspecified atom stereocenters. The fraction of sp³-hybridized carbons (Fsp3) is 0.289. The number of hydrogen-bond acceptors (Lipinski definition) is 4. The quantitative estimate of drug-likeness (QED) is 0.155. The minimum absolute atomic E-state index is 0.0000436. The van der Waals surface area contributed by atoms with Crippen molar-refractivity contribution in [1.29, 1.82) is 0 Å². The first-order valence-corrected chi connectivity index (χ1v) is 35.9. The van der Waals surface area contributed by atoms with Crippen LogP contribution in [0.5, 0.6) is 0 Å². The number of nitrogens with zero attached hydrogens (tertiary/aromatic N) is 2. The number of benzene rings is 9. The zero-order valence-corrected chi connectivity index (χ0v) is 52.9. The van der Waals surface area contributed by atoms with Crippen molar-refractivity contribution in [2.75, 3.05) is 9.80 Å². The normalized spacial score (nSPS) is 19.0. The molecule has 4 aliphatic rings. The summed E-state index contributed by atoms with van der Waals surface area (Å²) in [6, 6.07) is 64.6. The van der Waals surface area contributed by atoms with Crippen LogP contribution in [0.2, 0.25) is 26.2 Å². The third-order valence-electron chi connectivity index (χ3n) is 23.6. The lowest BCUT2D eigenvalue weighted by molar-refractivity contribution is 0.125. The van der Waals surface area contributed by atoms with Gasteiger partial charge in [0, 0.05) is 44.5 Å². The molecule has 0 amide bonds. The number of fused-ring (bicyclic) bond motifs is 16. The van der Waals surface area contributed by atoms with Gasteiger partial charge in [0.1, 0.15) is 32.9 Å². The van der Waals surface area contributed by atoms with E-state index in [1.807, 2.05) is 0 Å². The molecule has 0 atom stereocenters. The monoisotopic (exact) mass is 1100 g/mol. The van der Waals surface area contributed by atoms with Gasteiger partial charge in [-0.15, -0.1) is 0 Å². The van der Waals surface area contributed by atoms with Crippen molar-refractivity contribution in [1.82, 2.24) is 0 Å². The van der Waals surface area contributed by atoms with Gasteiger partial charge in [0.25, 0.3) is 0 Å². The van der Waals surface area contributed by atoms with Crippen molar-refractivity contribution in [2.45, 2.75) is 131 Å². The number of furan rings is 2. The maximum absolute atomic E-state index is 7.38. The highest BCUT2D eigenvalue weighted by molar-refractivity contribution is 7.06. The molecular formula is C76H76N2O2Si2. The summed E-state index contributed by atoms with van der Waals surface area (Å²) in [5, 5.41) is 10.5. The van der Waals surface area contributed by atoms with Crippen LogP contribution in [0.1, 0.15) is 105 Å². The third-order valence-corrected chi connectivity index (χ3v) is 30.6. The van der Waals surface area contributed by atoms with Crippen molar-refractivity contribution in [2.24, 2.45) is 10.8 Å². The predicted octanol–water partition coefficient (Wildman–Crippen LogP) is 19.2. The molecule has 0 bridgehead atoms. The Kier molecular flexibility index (Phi) is 10.2. The lowest BCUT2D eigenvalue weighted by Gasteiger charge is -2.44. The second-order valence-corrected chi connectivity index (χ2v) is 37.6. The maximum atomic E-state index is 7.38. The van der Waals surface area contributed by atoms with Gasteiger partial charge < -0.3 is 18.6 Å². The van der Waals surface area contributed by atoms with E-state index in [-0.39, 0.29) is 32.5 Å². The van der Waals surface area contributed by atoms with Crippen LogP contribution in [0.15, 0.2) is 179 Å². The SMILES string of the molecule is CC1(C)c2ccc(N(c3ccccc3)c3cc4c(c5c3oc3ccccc35)-c3cc5c(cc3[Si]4(C)C)-c3c(cc(N(c4ccccc4)c4ccc6c(c4)C(C)(C)C(C)(C)C6(C)C)c4c3oc3ccccc34)[Si]5(C)C)cc2C(C)(C)C1(C)C. The molecule has 0 fully saturated rings. The molecule has 4 nitrogen and oxygen atoms in total. The number of para-hydroxylation sites is 4. The van der Waals surface area contributed by atoms with Gasteiger partial charge in [-0.3, -0.25) is 0 Å². The van der Waals surface area contributed by atoms with Gasteiger partial charge >= 0.3 is 0 Å². The van der Waals surface area contributed by atoms with E-state index in [2.05, 4.69) is 289 Å². The van der Waals surface area contributed by atoms with Gasteiger partial charge in [-0.1, -0.05) is 206 Å². The van der Waals surface area contributed by atoms with Gasteiger partial charge in [-0.05, 0) is 165 Å². The molecule has 11 aromatic rings. The van der Waals surface area contributed by atoms with E-state index in [0.29, 0.717) is 0 Å². The van der Waals surface area contributed by atoms with Crippen molar-refractivity contribution in [3.8, 4) is 22.3 Å². The first-order valence-electron chi connectivity index (χ1n) is 29.9. The van der Waals surface area contributed by atoms with Crippen LogP contribution in [0.25, 0.3) is 66.1 Å². The van der Waals surface area contributed by atoms with E-state index in [1.165, 1.54) is 82.0 Å². The minimum Gasteiger partial charge on any atom is -0.455 e. The second-order valence-electron chi connectivity index (χ2n) is 29.0. The molecule has 0 saturated carbocycles. The summed E-state index contributed by atoms with van der Waals surface area (Å²) in [5.41, 5.74) is 21.6. The highest BCUT2D eigenvalue weighted by atomic mass is 28.3. The van der Waals surface area contributed by atoms with Crippen LogP contribution in [0.3, 0.4) is 0 Å². The Morgan fingerprint density at radius 3 is 1.22 bits per heavy atom. The van der Waals surface area contributed by atoms with Crippen LogP contribution in [0.4, 0.5) is 34.1 Å². The Bertz CT molecular complexity index is 4580. The van der Waals surface area contributed by atoms with E-state index in [4.69, 9.17) is 8.83 Å². The van der Waals surface area contributed by atoms with Gasteiger partial charge in [-0.2, -0.15) is 0 Å². The molecular weight excluding hydrogens is 1030 g/mol. The first kappa shape index (κ1) is 51.5. The number of hydrogen-bond donors (Lipinski definition) is 0. The molecule has 2 aliphatic heterocycles. The molecule has 9 aromatic carbocycles. The summed E-state index contributed by atoms with van der Waals surface area (Å²) in [7, 11) is -4.96. The highest BCUT2D eigenvalue weighted by Gasteiger charge is 2.58. The highest BCUT2D eigenvalue weighted by Crippen LogP contribution is 2.64. The standard InChI is InChI=1S/C76H76N2O2Si2/c1-71(2)53-37-35-47(39-55(53)73(5,6)75(71,9)10)77(45-27-19-17-20-28-45)57-43-64-67(70-65(57)49-31-23-25-33-59(49)80-70)52-42-61-51(41-62(52)82(64,15)16)66-63(81(61,13)14)44-58(69-68(66)50-32-24-26-34-60(50)79-69)78(46-29-21-18-22-30-46)48-36-38-54-56(40-48)74(7,8)76(11,12)72(54,3)4/h17-44H,1-16H3. The zero-order chi connectivity index (χ0) is 57.4. The Balaban J connectivity index is 0.965. The predicted molar refractivity (Wildman–Crippen MR) is 354 cm³/mol. The number of rotatable bonds is 6. The van der Waals surface area contributed by atoms with Crippen molar-refractivity contribution in [3.63, 3.8) is 0 Å². The van der Waals surface area contributed by atoms with E-state index >= 15 is 0 Å². The minimum atomic E-state index is -2.48. The largest absolute Gasteiger partial charge is 0.455 e. The summed E-state index contributed by atoms with van der Waals surface area (Å²) >= 11 is 0. The molecule has 0 saturated heterocycles. The Hall–Kier alpha value is -7.39. The lowest BCUT2D eigenvalue weighted by Crippen LogP contribution is -2.51. The average molecular weight is 1110 g/mol. The van der Waals surface area contributed by atoms with Gasteiger partial charge in [0.05, 0.1) is 16.8 Å². The third kappa shape index (κ3) is 6.22. The number of anilines is 6. The van der Waals surface area contributed by atoms with Crippen molar-refractivity contribution < 1.29 is 8.83 Å². The summed E-state index contributed by atoms with van der Waals surface area (Å²) in [5.74, 6) is 0. The lowest BCUT2D eigenvalue weighted by atomic mass is 9.59. The molecule has 0 radical (unpaired) electrons. The van der Waals surface area contributed by atoms with E-state index in [1.54, 1.807) is 0 Å². The zero-order valence-electron chi connectivity index (χ0n) is 50.9. The van der Waals surface area contributed by atoms with Crippen LogP contribution in [-0.4, -0.2) is 16.1 Å². The van der Waals surface area contributed by atoms with E-state index in [0.717, 1.165) is 61.2 Å². The Morgan fingerprint density at radius 1 is 0.329 bits per heavy atom. The summed E-state index contributed by atoms with van der Waals surface area (Å²) in [6.45, 7) is 39.7. The molecule has 0 N–H and O–H groups in total. The Labute approximate surface area is 486 Å². The smallest absolute Gasteiger partial charge is 0.160 e. The molecule has 410 valence electrons. The van der Waals surface area contributed by atoms with Crippen LogP contribution >= 0.6 is 0 Å². The molecule has 2 aliphatic carbocycles. The maximum Gasteiger partial charge on any atom is 0.160 e. The Morgan fingerprint density at radius 2 is 0.720 bits per heavy atom. The summed E-state index contributed by atoms with van der Waals surface area (Å²) in [4.78, 5) is 5.04. The average Bonchev–Trinajstić information content (AvgIpc) is 2.69. The van der Waals surface area contributed by atoms with E-state index in [9.17, 15) is 0 Å².